The van der Waals surface area contributed by atoms with Crippen molar-refractivity contribution in [3.05, 3.63) is 0 Å². The molecule has 3 atom stereocenters. The molecule has 7 heteroatoms. The normalized spacial score (nSPS) is 15.1. The van der Waals surface area contributed by atoms with Gasteiger partial charge in [0.25, 0.3) is 10.1 Å². The van der Waals surface area contributed by atoms with Crippen LogP contribution in [-0.2, 0) is 14.3 Å². The first-order valence-corrected chi connectivity index (χ1v) is 14.5. The predicted octanol–water partition coefficient (Wildman–Crippen LogP) is 5.09. The van der Waals surface area contributed by atoms with E-state index in [9.17, 15) is 18.6 Å². The van der Waals surface area contributed by atoms with Crippen molar-refractivity contribution >= 4 is 10.1 Å². The monoisotopic (exact) mass is 466 g/mol. The lowest BCUT2D eigenvalue weighted by atomic mass is 10.0. The maximum atomic E-state index is 11.1. The SMILES string of the molecule is CCCCCCCCCCCCCCCCCCC[C@@H](O)[C@@H](O)[C@@H](CO)OS(C)(=O)=O. The van der Waals surface area contributed by atoms with Crippen molar-refractivity contribution in [1.29, 1.82) is 0 Å². The molecular weight excluding hydrogens is 416 g/mol. The molecule has 188 valence electrons. The molecule has 0 aromatic carbocycles. The zero-order chi connectivity index (χ0) is 23.4. The highest BCUT2D eigenvalue weighted by molar-refractivity contribution is 7.86. The molecular formula is C24H50O6S. The molecule has 0 aromatic rings. The number of unbranched alkanes of at least 4 members (excludes halogenated alkanes) is 16. The van der Waals surface area contributed by atoms with E-state index < -0.39 is 35.0 Å². The lowest BCUT2D eigenvalue weighted by Gasteiger charge is -2.24. The molecule has 0 rings (SSSR count). The molecule has 0 fully saturated rings. The van der Waals surface area contributed by atoms with E-state index >= 15 is 0 Å². The Morgan fingerprint density at radius 3 is 1.35 bits per heavy atom. The van der Waals surface area contributed by atoms with Crippen LogP contribution in [0, 0.1) is 0 Å². The number of hydrogen-bond donors (Lipinski definition) is 3. The smallest absolute Gasteiger partial charge is 0.264 e. The third kappa shape index (κ3) is 20.1. The molecule has 0 aliphatic carbocycles. The first-order chi connectivity index (χ1) is 14.8. The van der Waals surface area contributed by atoms with Crippen LogP contribution in [-0.4, -0.2) is 54.9 Å². The molecule has 0 radical (unpaired) electrons. The average Bonchev–Trinajstić information content (AvgIpc) is 2.72. The van der Waals surface area contributed by atoms with Crippen molar-refractivity contribution in [3.63, 3.8) is 0 Å². The minimum absolute atomic E-state index is 0.364. The van der Waals surface area contributed by atoms with Crippen LogP contribution in [0.3, 0.4) is 0 Å². The molecule has 31 heavy (non-hydrogen) atoms. The predicted molar refractivity (Wildman–Crippen MR) is 128 cm³/mol. The van der Waals surface area contributed by atoms with E-state index in [2.05, 4.69) is 11.1 Å². The summed E-state index contributed by atoms with van der Waals surface area (Å²) in [6.07, 6.45) is 19.1. The minimum Gasteiger partial charge on any atom is -0.394 e. The van der Waals surface area contributed by atoms with Gasteiger partial charge in [-0.05, 0) is 6.42 Å². The van der Waals surface area contributed by atoms with Crippen molar-refractivity contribution in [1.82, 2.24) is 0 Å². The van der Waals surface area contributed by atoms with Crippen LogP contribution in [0.5, 0.6) is 0 Å². The molecule has 3 N–H and O–H groups in total. The van der Waals surface area contributed by atoms with Crippen molar-refractivity contribution in [3.8, 4) is 0 Å². The average molecular weight is 467 g/mol. The number of rotatable bonds is 23. The molecule has 0 heterocycles. The molecule has 0 saturated heterocycles. The van der Waals surface area contributed by atoms with E-state index in [4.69, 9.17) is 5.11 Å². The second kappa shape index (κ2) is 20.4. The molecule has 0 spiro atoms. The van der Waals surface area contributed by atoms with E-state index in [0.717, 1.165) is 25.5 Å². The maximum Gasteiger partial charge on any atom is 0.264 e. The second-order valence-electron chi connectivity index (χ2n) is 9.02. The van der Waals surface area contributed by atoms with E-state index in [1.165, 1.54) is 89.9 Å². The van der Waals surface area contributed by atoms with Gasteiger partial charge in [0.2, 0.25) is 0 Å². The van der Waals surface area contributed by atoms with Gasteiger partial charge in [-0.15, -0.1) is 0 Å². The van der Waals surface area contributed by atoms with Gasteiger partial charge in [0.15, 0.2) is 0 Å². The highest BCUT2D eigenvalue weighted by atomic mass is 32.2. The van der Waals surface area contributed by atoms with Gasteiger partial charge in [0.05, 0.1) is 19.0 Å². The quantitative estimate of drug-likeness (QED) is 0.143. The Kier molecular flexibility index (Phi) is 20.3. The van der Waals surface area contributed by atoms with Crippen LogP contribution in [0.1, 0.15) is 122 Å². The van der Waals surface area contributed by atoms with E-state index in [-0.39, 0.29) is 0 Å². The van der Waals surface area contributed by atoms with Gasteiger partial charge in [0, 0.05) is 0 Å². The van der Waals surface area contributed by atoms with Crippen LogP contribution < -0.4 is 0 Å². The van der Waals surface area contributed by atoms with Crippen molar-refractivity contribution < 1.29 is 27.9 Å². The fourth-order valence-corrected chi connectivity index (χ4v) is 4.54. The summed E-state index contributed by atoms with van der Waals surface area (Å²) in [6.45, 7) is 1.60. The van der Waals surface area contributed by atoms with Gasteiger partial charge in [-0.3, -0.25) is 4.18 Å². The van der Waals surface area contributed by atoms with Gasteiger partial charge in [-0.2, -0.15) is 8.42 Å². The summed E-state index contributed by atoms with van der Waals surface area (Å²) in [5.74, 6) is 0. The number of aliphatic hydroxyl groups excluding tert-OH is 3. The van der Waals surface area contributed by atoms with Crippen LogP contribution >= 0.6 is 0 Å². The molecule has 0 aliphatic rings. The van der Waals surface area contributed by atoms with E-state index in [0.29, 0.717) is 6.42 Å². The maximum absolute atomic E-state index is 11.1. The Morgan fingerprint density at radius 1 is 0.677 bits per heavy atom. The van der Waals surface area contributed by atoms with Crippen molar-refractivity contribution in [2.75, 3.05) is 12.9 Å². The van der Waals surface area contributed by atoms with Gasteiger partial charge in [-0.25, -0.2) is 0 Å². The van der Waals surface area contributed by atoms with Crippen LogP contribution in [0.15, 0.2) is 0 Å². The second-order valence-corrected chi connectivity index (χ2v) is 10.6. The fourth-order valence-electron chi connectivity index (χ4n) is 3.92. The molecule has 0 amide bonds. The summed E-state index contributed by atoms with van der Waals surface area (Å²) in [6, 6.07) is 0. The fraction of sp³-hybridized carbons (Fsp3) is 1.00. The number of hydrogen-bond acceptors (Lipinski definition) is 6. The summed E-state index contributed by atoms with van der Waals surface area (Å²) in [7, 11) is -3.80. The van der Waals surface area contributed by atoms with Gasteiger partial charge in [0.1, 0.15) is 12.2 Å². The Hall–Kier alpha value is -0.210. The highest BCUT2D eigenvalue weighted by Crippen LogP contribution is 2.16. The highest BCUT2D eigenvalue weighted by Gasteiger charge is 2.29. The molecule has 0 bridgehead atoms. The van der Waals surface area contributed by atoms with Gasteiger partial charge < -0.3 is 15.3 Å². The van der Waals surface area contributed by atoms with Gasteiger partial charge in [-0.1, -0.05) is 116 Å². The molecule has 0 saturated carbocycles. The standard InChI is InChI=1S/C24H50O6S/c1-3-4-5-6-7-8-9-10-11-12-13-14-15-16-17-18-19-20-22(26)24(27)23(21-25)30-31(2,28)29/h22-27H,3-21H2,1-2H3/t22-,23-,24-/m1/s1. The Bertz CT molecular complexity index is 482. The zero-order valence-electron chi connectivity index (χ0n) is 20.1. The molecule has 6 nitrogen and oxygen atoms in total. The van der Waals surface area contributed by atoms with Crippen molar-refractivity contribution in [2.24, 2.45) is 0 Å². The summed E-state index contributed by atoms with van der Waals surface area (Å²) in [4.78, 5) is 0. The first-order valence-electron chi connectivity index (χ1n) is 12.7. The Labute approximate surface area is 191 Å². The summed E-state index contributed by atoms with van der Waals surface area (Å²) in [5.41, 5.74) is 0. The van der Waals surface area contributed by atoms with Crippen LogP contribution in [0.25, 0.3) is 0 Å². The Morgan fingerprint density at radius 2 is 1.03 bits per heavy atom. The zero-order valence-corrected chi connectivity index (χ0v) is 21.0. The van der Waals surface area contributed by atoms with Crippen LogP contribution in [0.2, 0.25) is 0 Å². The van der Waals surface area contributed by atoms with E-state index in [1.807, 2.05) is 0 Å². The molecule has 0 aromatic heterocycles. The summed E-state index contributed by atoms with van der Waals surface area (Å²) >= 11 is 0. The molecule has 0 aliphatic heterocycles. The molecule has 0 unspecified atom stereocenters. The van der Waals surface area contributed by atoms with Crippen LogP contribution in [0.4, 0.5) is 0 Å². The third-order valence-corrected chi connectivity index (χ3v) is 6.45. The largest absolute Gasteiger partial charge is 0.394 e. The lowest BCUT2D eigenvalue weighted by Crippen LogP contribution is -2.42. The first kappa shape index (κ1) is 30.8. The topological polar surface area (TPSA) is 104 Å². The lowest BCUT2D eigenvalue weighted by molar-refractivity contribution is -0.0661. The van der Waals surface area contributed by atoms with Crippen molar-refractivity contribution in [2.45, 2.75) is 141 Å². The van der Waals surface area contributed by atoms with Gasteiger partial charge >= 0.3 is 0 Å². The van der Waals surface area contributed by atoms with E-state index in [1.54, 1.807) is 0 Å². The Balaban J connectivity index is 3.47. The summed E-state index contributed by atoms with van der Waals surface area (Å²) in [5, 5.41) is 29.2. The number of aliphatic hydroxyl groups is 3. The third-order valence-electron chi connectivity index (χ3n) is 5.86. The minimum atomic E-state index is -3.80. The summed E-state index contributed by atoms with van der Waals surface area (Å²) < 4.78 is 26.9.